The minimum Gasteiger partial charge on any atom is -0.497 e. The van der Waals surface area contributed by atoms with Crippen molar-refractivity contribution < 1.29 is 9.53 Å². The van der Waals surface area contributed by atoms with Gasteiger partial charge in [0.15, 0.2) is 5.13 Å². The molecule has 1 N–H and O–H groups in total. The lowest BCUT2D eigenvalue weighted by atomic mass is 10.2. The molecule has 25 heavy (non-hydrogen) atoms. The van der Waals surface area contributed by atoms with Crippen molar-refractivity contribution in [2.45, 2.75) is 6.92 Å². The standard InChI is InChI=1S/C17H12BrN3O2S2/c1-8-19-12-5-6-13-15(14(12)24-8)25-17(20-13)21-16(22)10-7-9(23-2)3-4-11(10)18/h3-7H,1-2H3,(H,20,21,22). The SMILES string of the molecule is COc1ccc(Br)c(C(=O)Nc2nc3ccc4nc(C)sc4c3s2)c1. The third-order valence-electron chi connectivity index (χ3n) is 3.66. The van der Waals surface area contributed by atoms with E-state index >= 15 is 0 Å². The number of nitrogens with one attached hydrogen (secondary N) is 1. The van der Waals surface area contributed by atoms with Crippen molar-refractivity contribution >= 4 is 70.1 Å². The van der Waals surface area contributed by atoms with Crippen molar-refractivity contribution in [3.05, 3.63) is 45.4 Å². The highest BCUT2D eigenvalue weighted by Gasteiger charge is 2.16. The van der Waals surface area contributed by atoms with Gasteiger partial charge in [0.1, 0.15) is 5.75 Å². The number of hydrogen-bond donors (Lipinski definition) is 1. The topological polar surface area (TPSA) is 64.1 Å². The molecule has 2 heterocycles. The van der Waals surface area contributed by atoms with Crippen LogP contribution < -0.4 is 10.1 Å². The van der Waals surface area contributed by atoms with Crippen LogP contribution in [0.2, 0.25) is 0 Å². The van der Waals surface area contributed by atoms with Gasteiger partial charge in [-0.1, -0.05) is 11.3 Å². The van der Waals surface area contributed by atoms with E-state index < -0.39 is 0 Å². The summed E-state index contributed by atoms with van der Waals surface area (Å²) in [7, 11) is 1.57. The predicted molar refractivity (Wildman–Crippen MR) is 106 cm³/mol. The monoisotopic (exact) mass is 433 g/mol. The van der Waals surface area contributed by atoms with Crippen LogP contribution in [0.4, 0.5) is 5.13 Å². The molecule has 0 atom stereocenters. The molecule has 0 aliphatic heterocycles. The molecule has 0 bridgehead atoms. The van der Waals surface area contributed by atoms with E-state index in [0.717, 1.165) is 25.4 Å². The summed E-state index contributed by atoms with van der Waals surface area (Å²) in [6.07, 6.45) is 0. The number of rotatable bonds is 3. The molecular weight excluding hydrogens is 422 g/mol. The maximum atomic E-state index is 12.6. The molecule has 0 saturated carbocycles. The third kappa shape index (κ3) is 3.01. The highest BCUT2D eigenvalue weighted by molar-refractivity contribution is 9.10. The molecule has 1 amide bonds. The minimum absolute atomic E-state index is 0.235. The van der Waals surface area contributed by atoms with E-state index in [9.17, 15) is 4.79 Å². The molecule has 8 heteroatoms. The van der Waals surface area contributed by atoms with Gasteiger partial charge in [-0.2, -0.15) is 0 Å². The van der Waals surface area contributed by atoms with Crippen molar-refractivity contribution in [1.82, 2.24) is 9.97 Å². The number of benzene rings is 2. The summed E-state index contributed by atoms with van der Waals surface area (Å²) in [6, 6.07) is 9.17. The number of carbonyl (C=O) groups is 1. The van der Waals surface area contributed by atoms with E-state index in [0.29, 0.717) is 20.9 Å². The van der Waals surface area contributed by atoms with Gasteiger partial charge < -0.3 is 4.74 Å². The van der Waals surface area contributed by atoms with Crippen LogP contribution in [0.15, 0.2) is 34.8 Å². The Kier molecular flexibility index (Phi) is 4.18. The first-order valence-electron chi connectivity index (χ1n) is 7.37. The number of ether oxygens (including phenoxy) is 1. The summed E-state index contributed by atoms with van der Waals surface area (Å²) in [6.45, 7) is 1.99. The Labute approximate surface area is 159 Å². The number of thiazole rings is 2. The average molecular weight is 434 g/mol. The fraction of sp³-hybridized carbons (Fsp3) is 0.118. The largest absolute Gasteiger partial charge is 0.497 e. The zero-order chi connectivity index (χ0) is 17.6. The Morgan fingerprint density at radius 3 is 2.60 bits per heavy atom. The Bertz CT molecular complexity index is 1120. The van der Waals surface area contributed by atoms with Crippen LogP contribution in [0.1, 0.15) is 15.4 Å². The Balaban J connectivity index is 1.71. The lowest BCUT2D eigenvalue weighted by Gasteiger charge is -2.06. The average Bonchev–Trinajstić information content (AvgIpc) is 3.16. The second-order valence-electron chi connectivity index (χ2n) is 5.31. The summed E-state index contributed by atoms with van der Waals surface area (Å²) in [5.74, 6) is 0.390. The first-order valence-corrected chi connectivity index (χ1v) is 9.79. The van der Waals surface area contributed by atoms with Crippen LogP contribution >= 0.6 is 38.6 Å². The van der Waals surface area contributed by atoms with Gasteiger partial charge in [-0.25, -0.2) is 9.97 Å². The number of hydrogen-bond acceptors (Lipinski definition) is 6. The molecule has 4 rings (SSSR count). The fourth-order valence-electron chi connectivity index (χ4n) is 2.51. The van der Waals surface area contributed by atoms with E-state index in [-0.39, 0.29) is 5.91 Å². The fourth-order valence-corrected chi connectivity index (χ4v) is 4.94. The second-order valence-corrected chi connectivity index (χ2v) is 8.37. The van der Waals surface area contributed by atoms with Gasteiger partial charge in [0.25, 0.3) is 5.91 Å². The third-order valence-corrected chi connectivity index (χ3v) is 6.49. The van der Waals surface area contributed by atoms with Gasteiger partial charge in [-0.15, -0.1) is 11.3 Å². The van der Waals surface area contributed by atoms with Crippen molar-refractivity contribution in [1.29, 1.82) is 0 Å². The van der Waals surface area contributed by atoms with E-state index in [1.165, 1.54) is 11.3 Å². The first kappa shape index (κ1) is 16.4. The number of nitrogens with zero attached hydrogens (tertiary/aromatic N) is 2. The molecule has 0 aliphatic carbocycles. The van der Waals surface area contributed by atoms with Gasteiger partial charge >= 0.3 is 0 Å². The van der Waals surface area contributed by atoms with Crippen LogP contribution in [-0.2, 0) is 0 Å². The van der Waals surface area contributed by atoms with Gasteiger partial charge in [-0.05, 0) is 53.2 Å². The van der Waals surface area contributed by atoms with E-state index in [2.05, 4.69) is 31.2 Å². The molecule has 0 spiro atoms. The van der Waals surface area contributed by atoms with Crippen molar-refractivity contribution in [3.8, 4) is 5.75 Å². The number of aryl methyl sites for hydroxylation is 1. The summed E-state index contributed by atoms with van der Waals surface area (Å²) >= 11 is 6.50. The zero-order valence-electron chi connectivity index (χ0n) is 13.3. The molecule has 2 aromatic heterocycles. The Morgan fingerprint density at radius 1 is 1.12 bits per heavy atom. The van der Waals surface area contributed by atoms with Crippen molar-refractivity contribution in [3.63, 3.8) is 0 Å². The summed E-state index contributed by atoms with van der Waals surface area (Å²) in [4.78, 5) is 21.6. The molecule has 0 aliphatic rings. The van der Waals surface area contributed by atoms with E-state index in [4.69, 9.17) is 4.74 Å². The van der Waals surface area contributed by atoms with Gasteiger partial charge in [0.2, 0.25) is 0 Å². The summed E-state index contributed by atoms with van der Waals surface area (Å²) < 4.78 is 8.04. The number of halogens is 1. The molecule has 126 valence electrons. The number of methoxy groups -OCH3 is 1. The molecule has 0 saturated heterocycles. The Hall–Kier alpha value is -2.03. The van der Waals surface area contributed by atoms with Gasteiger partial charge in [0.05, 0.1) is 38.1 Å². The minimum atomic E-state index is -0.235. The number of amides is 1. The Morgan fingerprint density at radius 2 is 1.84 bits per heavy atom. The van der Waals surface area contributed by atoms with Crippen LogP contribution in [0, 0.1) is 6.92 Å². The maximum Gasteiger partial charge on any atom is 0.258 e. The molecule has 0 unspecified atom stereocenters. The van der Waals surface area contributed by atoms with Crippen LogP contribution in [0.3, 0.4) is 0 Å². The van der Waals surface area contributed by atoms with Crippen molar-refractivity contribution in [2.75, 3.05) is 12.4 Å². The van der Waals surface area contributed by atoms with Gasteiger partial charge in [-0.3, -0.25) is 10.1 Å². The zero-order valence-corrected chi connectivity index (χ0v) is 16.5. The lowest BCUT2D eigenvalue weighted by molar-refractivity contribution is 0.102. The first-order chi connectivity index (χ1) is 12.0. The molecular formula is C17H12BrN3O2S2. The lowest BCUT2D eigenvalue weighted by Crippen LogP contribution is -2.12. The number of aromatic nitrogens is 2. The number of anilines is 1. The number of carbonyl (C=O) groups excluding carboxylic acids is 1. The highest BCUT2D eigenvalue weighted by Crippen LogP contribution is 2.36. The number of fused-ring (bicyclic) bond motifs is 3. The summed E-state index contributed by atoms with van der Waals surface area (Å²) in [5.41, 5.74) is 2.32. The molecule has 0 radical (unpaired) electrons. The highest BCUT2D eigenvalue weighted by atomic mass is 79.9. The second kappa shape index (κ2) is 6.36. The van der Waals surface area contributed by atoms with E-state index in [1.54, 1.807) is 36.6 Å². The smallest absolute Gasteiger partial charge is 0.258 e. The normalized spacial score (nSPS) is 11.2. The van der Waals surface area contributed by atoms with E-state index in [1.807, 2.05) is 19.1 Å². The molecule has 2 aromatic carbocycles. The molecule has 0 fully saturated rings. The van der Waals surface area contributed by atoms with Crippen LogP contribution in [0.25, 0.3) is 20.4 Å². The maximum absolute atomic E-state index is 12.6. The van der Waals surface area contributed by atoms with Crippen LogP contribution in [-0.4, -0.2) is 23.0 Å². The van der Waals surface area contributed by atoms with Crippen LogP contribution in [0.5, 0.6) is 5.75 Å². The molecule has 5 nitrogen and oxygen atoms in total. The molecule has 4 aromatic rings. The van der Waals surface area contributed by atoms with Crippen molar-refractivity contribution in [2.24, 2.45) is 0 Å². The summed E-state index contributed by atoms with van der Waals surface area (Å²) in [5, 5.41) is 4.46. The predicted octanol–water partition coefficient (Wildman–Crippen LogP) is 5.24. The van der Waals surface area contributed by atoms with Gasteiger partial charge in [0, 0.05) is 4.47 Å². The quantitative estimate of drug-likeness (QED) is 0.479.